The van der Waals surface area contributed by atoms with Crippen LogP contribution in [0.15, 0.2) is 30.3 Å². The van der Waals surface area contributed by atoms with Gasteiger partial charge < -0.3 is 5.11 Å². The van der Waals surface area contributed by atoms with Crippen molar-refractivity contribution in [2.24, 2.45) is 0 Å². The molecule has 4 heteroatoms. The van der Waals surface area contributed by atoms with Gasteiger partial charge in [0.1, 0.15) is 6.10 Å². The van der Waals surface area contributed by atoms with Crippen molar-refractivity contribution in [1.82, 2.24) is 0 Å². The molecular formula is C11H13F3O. The summed E-state index contributed by atoms with van der Waals surface area (Å²) in [6.45, 7) is 1.67. The van der Waals surface area contributed by atoms with Crippen LogP contribution in [0.25, 0.3) is 0 Å². The number of aliphatic hydroxyl groups excluding tert-OH is 1. The Kier molecular flexibility index (Phi) is 3.74. The van der Waals surface area contributed by atoms with Crippen LogP contribution >= 0.6 is 0 Å². The number of aliphatic hydroxyl groups is 1. The van der Waals surface area contributed by atoms with E-state index < -0.39 is 12.3 Å². The standard InChI is InChI=1S/C11H13F3O/c1-8(7-10(15)11(12,13)14)9-5-3-2-4-6-9/h2-6,8,10,15H,7H2,1H3. The third kappa shape index (κ3) is 3.55. The number of hydrogen-bond acceptors (Lipinski definition) is 1. The van der Waals surface area contributed by atoms with E-state index in [4.69, 9.17) is 5.11 Å². The zero-order valence-electron chi connectivity index (χ0n) is 8.33. The molecule has 1 rings (SSSR count). The Hall–Kier alpha value is -1.03. The summed E-state index contributed by atoms with van der Waals surface area (Å²) in [6, 6.07) is 8.86. The van der Waals surface area contributed by atoms with Gasteiger partial charge in [-0.1, -0.05) is 37.3 Å². The second kappa shape index (κ2) is 4.66. The van der Waals surface area contributed by atoms with E-state index in [0.717, 1.165) is 5.56 Å². The van der Waals surface area contributed by atoms with E-state index in [2.05, 4.69) is 0 Å². The quantitative estimate of drug-likeness (QED) is 0.826. The highest BCUT2D eigenvalue weighted by Gasteiger charge is 2.38. The molecule has 0 aromatic heterocycles. The van der Waals surface area contributed by atoms with Gasteiger partial charge in [-0.05, 0) is 17.9 Å². The third-order valence-corrected chi connectivity index (χ3v) is 2.32. The number of alkyl halides is 3. The molecule has 0 saturated heterocycles. The van der Waals surface area contributed by atoms with E-state index in [1.54, 1.807) is 37.3 Å². The van der Waals surface area contributed by atoms with Gasteiger partial charge in [-0.25, -0.2) is 0 Å². The minimum Gasteiger partial charge on any atom is -0.384 e. The summed E-state index contributed by atoms with van der Waals surface area (Å²) in [5, 5.41) is 8.89. The molecule has 0 spiro atoms. The molecule has 0 fully saturated rings. The second-order valence-electron chi connectivity index (χ2n) is 3.60. The van der Waals surface area contributed by atoms with Crippen molar-refractivity contribution in [3.05, 3.63) is 35.9 Å². The Balaban J connectivity index is 2.61. The largest absolute Gasteiger partial charge is 0.414 e. The van der Waals surface area contributed by atoms with Crippen LogP contribution in [-0.2, 0) is 0 Å². The lowest BCUT2D eigenvalue weighted by Gasteiger charge is -2.19. The van der Waals surface area contributed by atoms with Gasteiger partial charge in [0, 0.05) is 0 Å². The van der Waals surface area contributed by atoms with Crippen LogP contribution in [0.1, 0.15) is 24.8 Å². The van der Waals surface area contributed by atoms with Gasteiger partial charge in [0.25, 0.3) is 0 Å². The fourth-order valence-corrected chi connectivity index (χ4v) is 1.39. The molecule has 84 valence electrons. The van der Waals surface area contributed by atoms with Crippen LogP contribution in [0, 0.1) is 0 Å². The van der Waals surface area contributed by atoms with Crippen LogP contribution < -0.4 is 0 Å². The summed E-state index contributed by atoms with van der Waals surface area (Å²) >= 11 is 0. The fraction of sp³-hybridized carbons (Fsp3) is 0.455. The summed E-state index contributed by atoms with van der Waals surface area (Å²) in [7, 11) is 0. The molecule has 1 N–H and O–H groups in total. The van der Waals surface area contributed by atoms with Gasteiger partial charge in [0.15, 0.2) is 0 Å². The van der Waals surface area contributed by atoms with Crippen molar-refractivity contribution in [2.45, 2.75) is 31.5 Å². The minimum atomic E-state index is -4.52. The van der Waals surface area contributed by atoms with Gasteiger partial charge in [0.05, 0.1) is 0 Å². The lowest BCUT2D eigenvalue weighted by molar-refractivity contribution is -0.206. The Labute approximate surface area is 86.5 Å². The lowest BCUT2D eigenvalue weighted by atomic mass is 9.95. The number of benzene rings is 1. The lowest BCUT2D eigenvalue weighted by Crippen LogP contribution is -2.29. The van der Waals surface area contributed by atoms with Crippen molar-refractivity contribution in [3.8, 4) is 0 Å². The average molecular weight is 218 g/mol. The van der Waals surface area contributed by atoms with E-state index >= 15 is 0 Å². The summed E-state index contributed by atoms with van der Waals surface area (Å²) < 4.78 is 36.2. The molecule has 0 radical (unpaired) electrons. The summed E-state index contributed by atoms with van der Waals surface area (Å²) in [4.78, 5) is 0. The number of rotatable bonds is 3. The Morgan fingerprint density at radius 3 is 2.20 bits per heavy atom. The highest BCUT2D eigenvalue weighted by molar-refractivity contribution is 5.18. The topological polar surface area (TPSA) is 20.2 Å². The first-order valence-corrected chi connectivity index (χ1v) is 4.71. The molecule has 2 atom stereocenters. The molecule has 0 bridgehead atoms. The SMILES string of the molecule is CC(CC(O)C(F)(F)F)c1ccccc1. The Bertz CT molecular complexity index is 294. The first-order chi connectivity index (χ1) is 6.91. The van der Waals surface area contributed by atoms with E-state index in [1.807, 2.05) is 0 Å². The highest BCUT2D eigenvalue weighted by Crippen LogP contribution is 2.28. The second-order valence-corrected chi connectivity index (χ2v) is 3.60. The molecule has 0 heterocycles. The zero-order valence-corrected chi connectivity index (χ0v) is 8.33. The molecule has 0 aliphatic heterocycles. The van der Waals surface area contributed by atoms with Crippen LogP contribution in [-0.4, -0.2) is 17.4 Å². The average Bonchev–Trinajstić information content (AvgIpc) is 2.17. The van der Waals surface area contributed by atoms with Crippen LogP contribution in [0.2, 0.25) is 0 Å². The first-order valence-electron chi connectivity index (χ1n) is 4.71. The van der Waals surface area contributed by atoms with Crippen molar-refractivity contribution in [2.75, 3.05) is 0 Å². The van der Waals surface area contributed by atoms with Crippen molar-refractivity contribution in [3.63, 3.8) is 0 Å². The summed E-state index contributed by atoms with van der Waals surface area (Å²) in [6.07, 6.45) is -7.07. The van der Waals surface area contributed by atoms with Crippen LogP contribution in [0.5, 0.6) is 0 Å². The van der Waals surface area contributed by atoms with Gasteiger partial charge in [-0.2, -0.15) is 13.2 Å². The van der Waals surface area contributed by atoms with Gasteiger partial charge in [-0.15, -0.1) is 0 Å². The molecule has 1 aromatic carbocycles. The molecule has 0 amide bonds. The monoisotopic (exact) mass is 218 g/mol. The van der Waals surface area contributed by atoms with E-state index in [1.165, 1.54) is 0 Å². The maximum atomic E-state index is 12.1. The highest BCUT2D eigenvalue weighted by atomic mass is 19.4. The molecule has 0 aliphatic carbocycles. The van der Waals surface area contributed by atoms with Gasteiger partial charge in [0.2, 0.25) is 0 Å². The molecular weight excluding hydrogens is 205 g/mol. The zero-order chi connectivity index (χ0) is 11.5. The number of hydrogen-bond donors (Lipinski definition) is 1. The summed E-state index contributed by atoms with van der Waals surface area (Å²) in [5.74, 6) is -0.303. The maximum absolute atomic E-state index is 12.1. The van der Waals surface area contributed by atoms with E-state index in [9.17, 15) is 13.2 Å². The molecule has 1 nitrogen and oxygen atoms in total. The van der Waals surface area contributed by atoms with Crippen LogP contribution in [0.3, 0.4) is 0 Å². The number of halogens is 3. The summed E-state index contributed by atoms with van der Waals surface area (Å²) in [5.41, 5.74) is 0.806. The Morgan fingerprint density at radius 1 is 1.20 bits per heavy atom. The predicted molar refractivity (Wildman–Crippen MR) is 51.5 cm³/mol. The third-order valence-electron chi connectivity index (χ3n) is 2.32. The maximum Gasteiger partial charge on any atom is 0.414 e. The van der Waals surface area contributed by atoms with Crippen LogP contribution in [0.4, 0.5) is 13.2 Å². The molecule has 15 heavy (non-hydrogen) atoms. The fourth-order valence-electron chi connectivity index (χ4n) is 1.39. The molecule has 2 unspecified atom stereocenters. The predicted octanol–water partition coefficient (Wildman–Crippen LogP) is 3.10. The minimum absolute atomic E-state index is 0.298. The van der Waals surface area contributed by atoms with E-state index in [-0.39, 0.29) is 12.3 Å². The molecule has 0 saturated carbocycles. The molecule has 0 aliphatic rings. The van der Waals surface area contributed by atoms with E-state index in [0.29, 0.717) is 0 Å². The van der Waals surface area contributed by atoms with Gasteiger partial charge >= 0.3 is 6.18 Å². The van der Waals surface area contributed by atoms with Gasteiger partial charge in [-0.3, -0.25) is 0 Å². The Morgan fingerprint density at radius 2 is 1.73 bits per heavy atom. The van der Waals surface area contributed by atoms with Crippen molar-refractivity contribution < 1.29 is 18.3 Å². The molecule has 1 aromatic rings. The normalized spacial score (nSPS) is 16.1. The van der Waals surface area contributed by atoms with Crippen molar-refractivity contribution >= 4 is 0 Å². The van der Waals surface area contributed by atoms with Crippen molar-refractivity contribution in [1.29, 1.82) is 0 Å². The first kappa shape index (κ1) is 12.0. The smallest absolute Gasteiger partial charge is 0.384 e.